The second-order valence-electron chi connectivity index (χ2n) is 7.24. The molecule has 0 saturated carbocycles. The third-order valence-electron chi connectivity index (χ3n) is 3.96. The highest BCUT2D eigenvalue weighted by atomic mass is 35.5. The van der Waals surface area contributed by atoms with E-state index in [1.54, 1.807) is 12.1 Å². The van der Waals surface area contributed by atoms with Crippen LogP contribution in [0.3, 0.4) is 0 Å². The summed E-state index contributed by atoms with van der Waals surface area (Å²) in [6.07, 6.45) is -0.585. The third-order valence-corrected chi connectivity index (χ3v) is 6.13. The van der Waals surface area contributed by atoms with E-state index < -0.39 is 16.1 Å². The second kappa shape index (κ2) is 8.33. The number of rotatable bonds is 6. The van der Waals surface area contributed by atoms with Gasteiger partial charge in [0.25, 0.3) is 0 Å². The van der Waals surface area contributed by atoms with Crippen LogP contribution in [0.1, 0.15) is 20.8 Å². The first kappa shape index (κ1) is 20.6. The highest BCUT2D eigenvalue weighted by Crippen LogP contribution is 2.20. The Hall–Kier alpha value is -0.700. The van der Waals surface area contributed by atoms with Crippen molar-refractivity contribution in [2.75, 3.05) is 39.3 Å². The van der Waals surface area contributed by atoms with E-state index in [0.29, 0.717) is 37.7 Å². The normalized spacial score (nSPS) is 19.1. The summed E-state index contributed by atoms with van der Waals surface area (Å²) in [5.74, 6) is 0. The fraction of sp³-hybridized carbons (Fsp3) is 0.647. The topological polar surface area (TPSA) is 70.1 Å². The van der Waals surface area contributed by atoms with Gasteiger partial charge in [0.05, 0.1) is 23.2 Å². The van der Waals surface area contributed by atoms with Crippen molar-refractivity contribution in [1.82, 2.24) is 9.21 Å². The molecule has 0 bridgehead atoms. The van der Waals surface area contributed by atoms with Gasteiger partial charge in [0.15, 0.2) is 0 Å². The monoisotopic (exact) mass is 390 g/mol. The van der Waals surface area contributed by atoms with Gasteiger partial charge in [-0.3, -0.25) is 4.90 Å². The minimum Gasteiger partial charge on any atom is -0.389 e. The average Bonchev–Trinajstić information content (AvgIpc) is 2.53. The molecule has 0 amide bonds. The van der Waals surface area contributed by atoms with E-state index in [1.165, 1.54) is 16.4 Å². The Labute approximate surface area is 155 Å². The molecule has 1 unspecified atom stereocenters. The van der Waals surface area contributed by atoms with Crippen molar-refractivity contribution >= 4 is 21.6 Å². The smallest absolute Gasteiger partial charge is 0.243 e. The number of ether oxygens (including phenoxy) is 1. The first-order chi connectivity index (χ1) is 11.6. The molecular formula is C17H27ClN2O4S. The van der Waals surface area contributed by atoms with Crippen LogP contribution in [0.15, 0.2) is 29.2 Å². The SMILES string of the molecule is CC(C)(C)OCC(O)CN1CCN(S(=O)(=O)c2ccc(Cl)cc2)CC1. The number of aliphatic hydroxyl groups is 1. The summed E-state index contributed by atoms with van der Waals surface area (Å²) in [6.45, 7) is 8.55. The number of halogens is 1. The highest BCUT2D eigenvalue weighted by molar-refractivity contribution is 7.89. The summed E-state index contributed by atoms with van der Waals surface area (Å²) in [6, 6.07) is 6.21. The molecule has 1 aliphatic rings. The van der Waals surface area contributed by atoms with Gasteiger partial charge in [0.1, 0.15) is 0 Å². The van der Waals surface area contributed by atoms with Crippen LogP contribution in [0.2, 0.25) is 5.02 Å². The van der Waals surface area contributed by atoms with Crippen LogP contribution in [-0.2, 0) is 14.8 Å². The molecule has 1 fully saturated rings. The maximum absolute atomic E-state index is 12.6. The first-order valence-corrected chi connectivity index (χ1v) is 10.2. The molecule has 0 spiro atoms. The Morgan fingerprint density at radius 1 is 1.16 bits per heavy atom. The Bertz CT molecular complexity index is 650. The van der Waals surface area contributed by atoms with Crippen molar-refractivity contribution in [2.45, 2.75) is 37.4 Å². The van der Waals surface area contributed by atoms with Crippen molar-refractivity contribution in [3.63, 3.8) is 0 Å². The highest BCUT2D eigenvalue weighted by Gasteiger charge is 2.29. The van der Waals surface area contributed by atoms with E-state index in [1.807, 2.05) is 20.8 Å². The van der Waals surface area contributed by atoms with Gasteiger partial charge in [-0.2, -0.15) is 4.31 Å². The number of hydrogen-bond acceptors (Lipinski definition) is 5. The van der Waals surface area contributed by atoms with Crippen molar-refractivity contribution in [1.29, 1.82) is 0 Å². The van der Waals surface area contributed by atoms with Crippen LogP contribution in [0.4, 0.5) is 0 Å². The molecule has 1 saturated heterocycles. The van der Waals surface area contributed by atoms with E-state index in [-0.39, 0.29) is 17.1 Å². The summed E-state index contributed by atoms with van der Waals surface area (Å²) in [4.78, 5) is 2.31. The molecule has 0 aliphatic carbocycles. The van der Waals surface area contributed by atoms with E-state index in [9.17, 15) is 13.5 Å². The van der Waals surface area contributed by atoms with Crippen molar-refractivity contribution in [3.8, 4) is 0 Å². The second-order valence-corrected chi connectivity index (χ2v) is 9.61. The number of benzene rings is 1. The lowest BCUT2D eigenvalue weighted by atomic mass is 10.2. The van der Waals surface area contributed by atoms with Gasteiger partial charge in [-0.15, -0.1) is 0 Å². The molecule has 1 aromatic rings. The third kappa shape index (κ3) is 6.20. The van der Waals surface area contributed by atoms with E-state index in [4.69, 9.17) is 16.3 Å². The largest absolute Gasteiger partial charge is 0.389 e. The fourth-order valence-corrected chi connectivity index (χ4v) is 4.15. The van der Waals surface area contributed by atoms with Gasteiger partial charge >= 0.3 is 0 Å². The van der Waals surface area contributed by atoms with Crippen molar-refractivity contribution < 1.29 is 18.3 Å². The lowest BCUT2D eigenvalue weighted by Gasteiger charge is -2.35. The number of β-amino-alcohol motifs (C(OH)–C–C–N with tert-alkyl or cyclic N) is 1. The molecule has 1 aromatic carbocycles. The summed E-state index contributed by atoms with van der Waals surface area (Å²) >= 11 is 5.82. The van der Waals surface area contributed by atoms with Gasteiger partial charge in [-0.1, -0.05) is 11.6 Å². The lowest BCUT2D eigenvalue weighted by Crippen LogP contribution is -2.50. The summed E-state index contributed by atoms with van der Waals surface area (Å²) in [7, 11) is -3.50. The van der Waals surface area contributed by atoms with Crippen LogP contribution in [0, 0.1) is 0 Å². The first-order valence-electron chi connectivity index (χ1n) is 8.38. The Balaban J connectivity index is 1.85. The maximum atomic E-state index is 12.6. The van der Waals surface area contributed by atoms with E-state index >= 15 is 0 Å². The molecule has 0 radical (unpaired) electrons. The van der Waals surface area contributed by atoms with Crippen LogP contribution in [0.25, 0.3) is 0 Å². The molecule has 1 aliphatic heterocycles. The molecule has 2 rings (SSSR count). The van der Waals surface area contributed by atoms with Gasteiger partial charge < -0.3 is 9.84 Å². The van der Waals surface area contributed by atoms with Crippen LogP contribution in [-0.4, -0.2) is 73.8 Å². The molecule has 1 N–H and O–H groups in total. The standard InChI is InChI=1S/C17H27ClN2O4S/c1-17(2,3)24-13-15(21)12-19-8-10-20(11-9-19)25(22,23)16-6-4-14(18)5-7-16/h4-7,15,21H,8-13H2,1-3H3. The van der Waals surface area contributed by atoms with E-state index in [0.717, 1.165) is 0 Å². The van der Waals surface area contributed by atoms with Gasteiger partial charge in [-0.25, -0.2) is 8.42 Å². The molecule has 142 valence electrons. The molecule has 0 aromatic heterocycles. The molecule has 8 heteroatoms. The van der Waals surface area contributed by atoms with Gasteiger partial charge in [-0.05, 0) is 45.0 Å². The molecule has 25 heavy (non-hydrogen) atoms. The Morgan fingerprint density at radius 2 is 1.72 bits per heavy atom. The summed E-state index contributed by atoms with van der Waals surface area (Å²) in [5, 5.41) is 10.6. The number of nitrogens with zero attached hydrogens (tertiary/aromatic N) is 2. The molecule has 1 atom stereocenters. The number of hydrogen-bond donors (Lipinski definition) is 1. The zero-order valence-corrected chi connectivity index (χ0v) is 16.6. The van der Waals surface area contributed by atoms with Crippen LogP contribution in [0.5, 0.6) is 0 Å². The van der Waals surface area contributed by atoms with Gasteiger partial charge in [0.2, 0.25) is 10.0 Å². The predicted molar refractivity (Wildman–Crippen MR) is 98.4 cm³/mol. The minimum absolute atomic E-state index is 0.254. The maximum Gasteiger partial charge on any atom is 0.243 e. The van der Waals surface area contributed by atoms with Crippen molar-refractivity contribution in [2.24, 2.45) is 0 Å². The Kier molecular flexibility index (Phi) is 6.87. The van der Waals surface area contributed by atoms with Gasteiger partial charge in [0, 0.05) is 37.7 Å². The Morgan fingerprint density at radius 3 is 2.24 bits per heavy atom. The summed E-state index contributed by atoms with van der Waals surface area (Å²) < 4.78 is 32.3. The zero-order valence-electron chi connectivity index (χ0n) is 15.0. The number of aliphatic hydroxyl groups excluding tert-OH is 1. The quantitative estimate of drug-likeness (QED) is 0.802. The average molecular weight is 391 g/mol. The zero-order chi connectivity index (χ0) is 18.7. The number of piperazine rings is 1. The van der Waals surface area contributed by atoms with Crippen LogP contribution >= 0.6 is 11.6 Å². The lowest BCUT2D eigenvalue weighted by molar-refractivity contribution is -0.0575. The fourth-order valence-electron chi connectivity index (χ4n) is 2.61. The molecular weight excluding hydrogens is 364 g/mol. The predicted octanol–water partition coefficient (Wildman–Crippen LogP) is 1.82. The van der Waals surface area contributed by atoms with Crippen LogP contribution < -0.4 is 0 Å². The summed E-state index contributed by atoms with van der Waals surface area (Å²) in [5.41, 5.74) is -0.285. The number of sulfonamides is 1. The minimum atomic E-state index is -3.50. The van der Waals surface area contributed by atoms with E-state index in [2.05, 4.69) is 4.90 Å². The molecule has 6 nitrogen and oxygen atoms in total. The van der Waals surface area contributed by atoms with Crippen molar-refractivity contribution in [3.05, 3.63) is 29.3 Å². The molecule has 1 heterocycles.